The summed E-state index contributed by atoms with van der Waals surface area (Å²) in [7, 11) is 3.78. The SMILES string of the molecule is CCCC(NC(=O)c1cc(N(C)C)c2ccccc2n1)C(=O)O. The molecule has 1 atom stereocenters. The fourth-order valence-corrected chi connectivity index (χ4v) is 2.42. The van der Waals surface area contributed by atoms with E-state index in [1.54, 1.807) is 6.07 Å². The van der Waals surface area contributed by atoms with Gasteiger partial charge in [0.15, 0.2) is 0 Å². The molecule has 0 aliphatic rings. The van der Waals surface area contributed by atoms with Crippen LogP contribution in [-0.2, 0) is 4.79 Å². The molecule has 1 unspecified atom stereocenters. The van der Waals surface area contributed by atoms with Gasteiger partial charge < -0.3 is 15.3 Å². The van der Waals surface area contributed by atoms with E-state index in [9.17, 15) is 14.7 Å². The van der Waals surface area contributed by atoms with Crippen LogP contribution in [0.4, 0.5) is 5.69 Å². The summed E-state index contributed by atoms with van der Waals surface area (Å²) in [5.41, 5.74) is 1.78. The zero-order chi connectivity index (χ0) is 17.0. The van der Waals surface area contributed by atoms with Gasteiger partial charge in [0.25, 0.3) is 5.91 Å². The van der Waals surface area contributed by atoms with Crippen LogP contribution in [0.25, 0.3) is 10.9 Å². The van der Waals surface area contributed by atoms with E-state index in [-0.39, 0.29) is 5.69 Å². The first kappa shape index (κ1) is 16.7. The number of rotatable bonds is 6. The van der Waals surface area contributed by atoms with Crippen molar-refractivity contribution in [3.8, 4) is 0 Å². The summed E-state index contributed by atoms with van der Waals surface area (Å²) in [4.78, 5) is 29.9. The van der Waals surface area contributed by atoms with E-state index in [4.69, 9.17) is 0 Å². The van der Waals surface area contributed by atoms with Crippen molar-refractivity contribution >= 4 is 28.5 Å². The Morgan fingerprint density at radius 2 is 2.00 bits per heavy atom. The molecule has 1 aromatic carbocycles. The number of hydrogen-bond acceptors (Lipinski definition) is 4. The molecule has 6 nitrogen and oxygen atoms in total. The molecule has 1 heterocycles. The van der Waals surface area contributed by atoms with Crippen LogP contribution in [0, 0.1) is 0 Å². The minimum Gasteiger partial charge on any atom is -0.480 e. The van der Waals surface area contributed by atoms with Gasteiger partial charge in [0.1, 0.15) is 11.7 Å². The molecule has 0 fully saturated rings. The summed E-state index contributed by atoms with van der Waals surface area (Å²) in [6, 6.07) is 8.33. The molecule has 0 aliphatic heterocycles. The number of carbonyl (C=O) groups excluding carboxylic acids is 1. The number of anilines is 1. The molecule has 23 heavy (non-hydrogen) atoms. The molecule has 0 spiro atoms. The minimum absolute atomic E-state index is 0.217. The van der Waals surface area contributed by atoms with Crippen molar-refractivity contribution in [2.45, 2.75) is 25.8 Å². The van der Waals surface area contributed by atoms with Gasteiger partial charge in [-0.05, 0) is 18.6 Å². The zero-order valence-corrected chi connectivity index (χ0v) is 13.5. The number of nitrogens with one attached hydrogen (secondary N) is 1. The van der Waals surface area contributed by atoms with Crippen molar-refractivity contribution < 1.29 is 14.7 Å². The van der Waals surface area contributed by atoms with Crippen molar-refractivity contribution in [2.24, 2.45) is 0 Å². The van der Waals surface area contributed by atoms with E-state index in [1.807, 2.05) is 50.2 Å². The lowest BCUT2D eigenvalue weighted by Crippen LogP contribution is -2.41. The Bertz CT molecular complexity index is 728. The molecule has 1 aromatic heterocycles. The van der Waals surface area contributed by atoms with E-state index >= 15 is 0 Å². The maximum absolute atomic E-state index is 12.4. The number of hydrogen-bond donors (Lipinski definition) is 2. The number of benzene rings is 1. The first-order chi connectivity index (χ1) is 10.9. The number of amides is 1. The van der Waals surface area contributed by atoms with E-state index in [2.05, 4.69) is 10.3 Å². The second-order valence-electron chi connectivity index (χ2n) is 5.59. The number of carbonyl (C=O) groups is 2. The van der Waals surface area contributed by atoms with E-state index < -0.39 is 17.9 Å². The molecule has 0 bridgehead atoms. The third-order valence-electron chi connectivity index (χ3n) is 3.59. The van der Waals surface area contributed by atoms with Crippen LogP contribution in [0.15, 0.2) is 30.3 Å². The average molecular weight is 315 g/mol. The maximum atomic E-state index is 12.4. The normalized spacial score (nSPS) is 12.0. The van der Waals surface area contributed by atoms with Gasteiger partial charge in [-0.1, -0.05) is 31.5 Å². The Kier molecular flexibility index (Phi) is 5.16. The molecule has 2 aromatic rings. The number of nitrogens with zero attached hydrogens (tertiary/aromatic N) is 2. The highest BCUT2D eigenvalue weighted by Gasteiger charge is 2.21. The Balaban J connectivity index is 2.39. The summed E-state index contributed by atoms with van der Waals surface area (Å²) >= 11 is 0. The van der Waals surface area contributed by atoms with Gasteiger partial charge in [0.05, 0.1) is 5.52 Å². The first-order valence-corrected chi connectivity index (χ1v) is 7.54. The molecule has 0 saturated heterocycles. The monoisotopic (exact) mass is 315 g/mol. The van der Waals surface area contributed by atoms with E-state index in [0.29, 0.717) is 18.4 Å². The number of fused-ring (bicyclic) bond motifs is 1. The van der Waals surface area contributed by atoms with Crippen molar-refractivity contribution in [1.82, 2.24) is 10.3 Å². The standard InChI is InChI=1S/C17H21N3O3/c1-4-7-13(17(22)23)19-16(21)14-10-15(20(2)3)11-8-5-6-9-12(11)18-14/h5-6,8-10,13H,4,7H2,1-3H3,(H,19,21)(H,22,23). The predicted molar refractivity (Wildman–Crippen MR) is 89.9 cm³/mol. The molecule has 2 rings (SSSR count). The Morgan fingerprint density at radius 3 is 2.61 bits per heavy atom. The fraction of sp³-hybridized carbons (Fsp3) is 0.353. The molecule has 122 valence electrons. The number of para-hydroxylation sites is 1. The fourth-order valence-electron chi connectivity index (χ4n) is 2.42. The lowest BCUT2D eigenvalue weighted by Gasteiger charge is -2.18. The molecule has 6 heteroatoms. The Labute approximate surface area is 135 Å². The third-order valence-corrected chi connectivity index (χ3v) is 3.59. The van der Waals surface area contributed by atoms with Crippen molar-refractivity contribution in [2.75, 3.05) is 19.0 Å². The molecule has 2 N–H and O–H groups in total. The van der Waals surface area contributed by atoms with Gasteiger partial charge in [-0.25, -0.2) is 9.78 Å². The van der Waals surface area contributed by atoms with Crippen molar-refractivity contribution in [1.29, 1.82) is 0 Å². The van der Waals surface area contributed by atoms with Gasteiger partial charge in [-0.3, -0.25) is 4.79 Å². The van der Waals surface area contributed by atoms with Gasteiger partial charge in [0.2, 0.25) is 0 Å². The van der Waals surface area contributed by atoms with E-state index in [0.717, 1.165) is 11.1 Å². The van der Waals surface area contributed by atoms with Crippen LogP contribution in [-0.4, -0.2) is 42.1 Å². The minimum atomic E-state index is -1.03. The summed E-state index contributed by atoms with van der Waals surface area (Å²) in [5, 5.41) is 12.7. The molecule has 0 radical (unpaired) electrons. The molecule has 1 amide bonds. The number of pyridine rings is 1. The second-order valence-corrected chi connectivity index (χ2v) is 5.59. The van der Waals surface area contributed by atoms with Crippen LogP contribution in [0.1, 0.15) is 30.3 Å². The predicted octanol–water partition coefficient (Wildman–Crippen LogP) is 2.28. The smallest absolute Gasteiger partial charge is 0.326 e. The van der Waals surface area contributed by atoms with Crippen LogP contribution >= 0.6 is 0 Å². The highest BCUT2D eigenvalue weighted by molar-refractivity contribution is 6.01. The quantitative estimate of drug-likeness (QED) is 0.854. The highest BCUT2D eigenvalue weighted by Crippen LogP contribution is 2.25. The van der Waals surface area contributed by atoms with Crippen molar-refractivity contribution in [3.05, 3.63) is 36.0 Å². The lowest BCUT2D eigenvalue weighted by atomic mass is 10.1. The zero-order valence-electron chi connectivity index (χ0n) is 13.5. The van der Waals surface area contributed by atoms with Crippen LogP contribution in [0.5, 0.6) is 0 Å². The van der Waals surface area contributed by atoms with Gasteiger partial charge >= 0.3 is 5.97 Å². The average Bonchev–Trinajstić information content (AvgIpc) is 2.52. The summed E-state index contributed by atoms with van der Waals surface area (Å²) in [5.74, 6) is -1.51. The lowest BCUT2D eigenvalue weighted by molar-refractivity contribution is -0.139. The highest BCUT2D eigenvalue weighted by atomic mass is 16.4. The number of carboxylic acids is 1. The van der Waals surface area contributed by atoms with Gasteiger partial charge in [-0.2, -0.15) is 0 Å². The molecule has 0 saturated carbocycles. The van der Waals surface area contributed by atoms with Gasteiger partial charge in [-0.15, -0.1) is 0 Å². The summed E-state index contributed by atoms with van der Waals surface area (Å²) in [6.07, 6.45) is 1.06. The Hall–Kier alpha value is -2.63. The number of carboxylic acid groups (broad SMARTS) is 1. The van der Waals surface area contributed by atoms with Crippen LogP contribution < -0.4 is 10.2 Å². The Morgan fingerprint density at radius 1 is 1.30 bits per heavy atom. The topological polar surface area (TPSA) is 82.5 Å². The molecular formula is C17H21N3O3. The first-order valence-electron chi connectivity index (χ1n) is 7.54. The summed E-state index contributed by atoms with van der Waals surface area (Å²) in [6.45, 7) is 1.88. The van der Waals surface area contributed by atoms with Crippen LogP contribution in [0.3, 0.4) is 0 Å². The van der Waals surface area contributed by atoms with Crippen LogP contribution in [0.2, 0.25) is 0 Å². The third kappa shape index (κ3) is 3.77. The van der Waals surface area contributed by atoms with Crippen molar-refractivity contribution in [3.63, 3.8) is 0 Å². The maximum Gasteiger partial charge on any atom is 0.326 e. The number of aromatic nitrogens is 1. The molecular weight excluding hydrogens is 294 g/mol. The second kappa shape index (κ2) is 7.09. The van der Waals surface area contributed by atoms with Gasteiger partial charge in [0, 0.05) is 25.2 Å². The van der Waals surface area contributed by atoms with E-state index in [1.165, 1.54) is 0 Å². The largest absolute Gasteiger partial charge is 0.480 e. The number of aliphatic carboxylic acids is 1. The summed E-state index contributed by atoms with van der Waals surface area (Å²) < 4.78 is 0. The molecule has 0 aliphatic carbocycles.